The van der Waals surface area contributed by atoms with E-state index in [9.17, 15) is 18.0 Å². The first-order valence-electron chi connectivity index (χ1n) is 15.5. The van der Waals surface area contributed by atoms with Gasteiger partial charge in [0.2, 0.25) is 15.9 Å². The second-order valence-electron chi connectivity index (χ2n) is 12.4. The number of ether oxygens (including phenoxy) is 2. The van der Waals surface area contributed by atoms with Crippen LogP contribution in [0.15, 0.2) is 47.4 Å². The summed E-state index contributed by atoms with van der Waals surface area (Å²) in [5, 5.41) is 1.32. The molecule has 9 nitrogen and oxygen atoms in total. The Kier molecular flexibility index (Phi) is 9.06. The average molecular weight is 642 g/mol. The van der Waals surface area contributed by atoms with Gasteiger partial charge in [0.1, 0.15) is 0 Å². The van der Waals surface area contributed by atoms with Crippen molar-refractivity contribution in [2.75, 3.05) is 26.9 Å². The number of aryl methyl sites for hydroxylation is 2. The fourth-order valence-corrected chi connectivity index (χ4v) is 8.50. The molecular weight excluding hydrogens is 602 g/mol. The van der Waals surface area contributed by atoms with E-state index in [4.69, 9.17) is 21.1 Å². The summed E-state index contributed by atoms with van der Waals surface area (Å²) in [5.41, 5.74) is 3.41. The van der Waals surface area contributed by atoms with Gasteiger partial charge in [0.25, 0.3) is 0 Å². The third-order valence-electron chi connectivity index (χ3n) is 9.51. The Morgan fingerprint density at radius 3 is 2.45 bits per heavy atom. The molecular formula is C33H40ClN3O6S. The number of nitrogens with one attached hydrogen (secondary N) is 1. The first kappa shape index (κ1) is 31.1. The van der Waals surface area contributed by atoms with Crippen molar-refractivity contribution in [3.63, 3.8) is 0 Å². The van der Waals surface area contributed by atoms with Gasteiger partial charge < -0.3 is 18.9 Å². The largest absolute Gasteiger partial charge is 0.469 e. The predicted molar refractivity (Wildman–Crippen MR) is 169 cm³/mol. The van der Waals surface area contributed by atoms with Gasteiger partial charge in [-0.05, 0) is 80.2 Å². The van der Waals surface area contributed by atoms with E-state index in [1.807, 2.05) is 40.8 Å². The number of rotatable bonds is 9. The number of esters is 1. The molecule has 2 saturated carbocycles. The second kappa shape index (κ2) is 12.8. The maximum atomic E-state index is 13.5. The number of morpholine rings is 1. The molecule has 3 aliphatic rings. The maximum absolute atomic E-state index is 13.5. The van der Waals surface area contributed by atoms with Crippen LogP contribution in [0.5, 0.6) is 0 Å². The van der Waals surface area contributed by atoms with Crippen LogP contribution >= 0.6 is 11.6 Å². The van der Waals surface area contributed by atoms with Crippen molar-refractivity contribution in [3.8, 4) is 11.3 Å². The van der Waals surface area contributed by atoms with Gasteiger partial charge in [0.05, 0.1) is 47.5 Å². The molecule has 2 aliphatic carbocycles. The van der Waals surface area contributed by atoms with E-state index in [0.29, 0.717) is 74.7 Å². The van der Waals surface area contributed by atoms with Crippen LogP contribution in [0.1, 0.15) is 50.5 Å². The lowest BCUT2D eigenvalue weighted by molar-refractivity contribution is -0.146. The number of halogens is 1. The number of amides is 1. The quantitative estimate of drug-likeness (QED) is 0.327. The van der Waals surface area contributed by atoms with Gasteiger partial charge in [-0.1, -0.05) is 35.9 Å². The first-order chi connectivity index (χ1) is 21.2. The van der Waals surface area contributed by atoms with Crippen LogP contribution in [-0.4, -0.2) is 68.7 Å². The van der Waals surface area contributed by atoms with Gasteiger partial charge >= 0.3 is 5.97 Å². The number of hydrogen-bond acceptors (Lipinski definition) is 6. The SMILES string of the molecule is COC(=O)CCc1ccc(-c2c(Cl)c3ccc(S(=O)(=O)N[C@H]4CC[C@H](C(=O)N5CCOCC5C5CC5)CC4)cc3n2C)cc1. The molecule has 236 valence electrons. The molecule has 3 aromatic rings. The van der Waals surface area contributed by atoms with Crippen LogP contribution in [0.4, 0.5) is 0 Å². The lowest BCUT2D eigenvalue weighted by Crippen LogP contribution is -2.52. The monoisotopic (exact) mass is 641 g/mol. The number of nitrogens with zero attached hydrogens (tertiary/aromatic N) is 2. The minimum absolute atomic E-state index is 0.0581. The summed E-state index contributed by atoms with van der Waals surface area (Å²) < 4.78 is 42.2. The highest BCUT2D eigenvalue weighted by Gasteiger charge is 2.41. The summed E-state index contributed by atoms with van der Waals surface area (Å²) in [4.78, 5) is 27.1. The fourth-order valence-electron chi connectivity index (χ4n) is 6.78. The third-order valence-corrected chi connectivity index (χ3v) is 11.4. The summed E-state index contributed by atoms with van der Waals surface area (Å²) >= 11 is 6.82. The molecule has 1 aliphatic heterocycles. The van der Waals surface area contributed by atoms with Crippen molar-refractivity contribution in [3.05, 3.63) is 53.1 Å². The number of methoxy groups -OCH3 is 1. The molecule has 1 amide bonds. The molecule has 44 heavy (non-hydrogen) atoms. The van der Waals surface area contributed by atoms with Crippen LogP contribution in [0.25, 0.3) is 22.2 Å². The molecule has 0 radical (unpaired) electrons. The Balaban J connectivity index is 1.12. The highest BCUT2D eigenvalue weighted by atomic mass is 35.5. The average Bonchev–Trinajstić information content (AvgIpc) is 3.86. The van der Waals surface area contributed by atoms with Crippen molar-refractivity contribution in [2.45, 2.75) is 68.3 Å². The van der Waals surface area contributed by atoms with Gasteiger partial charge in [-0.3, -0.25) is 9.59 Å². The molecule has 2 aromatic carbocycles. The van der Waals surface area contributed by atoms with Crippen LogP contribution < -0.4 is 4.72 Å². The number of hydrogen-bond donors (Lipinski definition) is 1. The van der Waals surface area contributed by atoms with Crippen molar-refractivity contribution < 1.29 is 27.5 Å². The van der Waals surface area contributed by atoms with Crippen molar-refractivity contribution in [1.82, 2.24) is 14.2 Å². The highest BCUT2D eigenvalue weighted by molar-refractivity contribution is 7.89. The van der Waals surface area contributed by atoms with E-state index < -0.39 is 10.0 Å². The molecule has 1 saturated heterocycles. The maximum Gasteiger partial charge on any atom is 0.305 e. The number of fused-ring (bicyclic) bond motifs is 1. The van der Waals surface area contributed by atoms with Crippen LogP contribution in [0.3, 0.4) is 0 Å². The molecule has 2 heterocycles. The third kappa shape index (κ3) is 6.40. The Labute approximate surface area is 263 Å². The number of carbonyl (C=O) groups excluding carboxylic acids is 2. The van der Waals surface area contributed by atoms with E-state index in [1.54, 1.807) is 18.2 Å². The molecule has 1 atom stereocenters. The molecule has 1 N–H and O–H groups in total. The fraction of sp³-hybridized carbons (Fsp3) is 0.515. The number of benzene rings is 2. The Hall–Kier alpha value is -2.92. The van der Waals surface area contributed by atoms with Gasteiger partial charge in [-0.25, -0.2) is 13.1 Å². The number of aromatic nitrogens is 1. The van der Waals surface area contributed by atoms with Gasteiger partial charge in [-0.15, -0.1) is 0 Å². The molecule has 0 spiro atoms. The van der Waals surface area contributed by atoms with E-state index in [-0.39, 0.29) is 34.8 Å². The lowest BCUT2D eigenvalue weighted by atomic mass is 9.85. The smallest absolute Gasteiger partial charge is 0.305 e. The zero-order valence-corrected chi connectivity index (χ0v) is 26.8. The summed E-state index contributed by atoms with van der Waals surface area (Å²) in [6.45, 7) is 1.88. The second-order valence-corrected chi connectivity index (χ2v) is 14.4. The number of carbonyl (C=O) groups is 2. The van der Waals surface area contributed by atoms with Crippen LogP contribution in [-0.2, 0) is 42.6 Å². The lowest BCUT2D eigenvalue weighted by Gasteiger charge is -2.39. The van der Waals surface area contributed by atoms with Crippen molar-refractivity contribution in [2.24, 2.45) is 18.9 Å². The standard InChI is InChI=1S/C33H40ClN3O6S/c1-36-28-19-26(14-15-27(28)31(34)32(36)23-6-3-21(4-7-23)5-16-30(38)42-2)44(40,41)35-25-12-10-24(11-13-25)33(39)37-17-18-43-20-29(37)22-8-9-22/h3-4,6-7,14-15,19,22,24-25,29,35H,5,8-13,16-18,20H2,1-2H3/t24-,25-,29?. The van der Waals surface area contributed by atoms with Crippen molar-refractivity contribution in [1.29, 1.82) is 0 Å². The predicted octanol–water partition coefficient (Wildman–Crippen LogP) is 5.08. The van der Waals surface area contributed by atoms with Gasteiger partial charge in [0, 0.05) is 37.4 Å². The Morgan fingerprint density at radius 1 is 1.05 bits per heavy atom. The van der Waals surface area contributed by atoms with E-state index in [0.717, 1.165) is 22.2 Å². The van der Waals surface area contributed by atoms with Gasteiger partial charge in [-0.2, -0.15) is 0 Å². The number of sulfonamides is 1. The van der Waals surface area contributed by atoms with Crippen LogP contribution in [0, 0.1) is 11.8 Å². The molecule has 1 unspecified atom stereocenters. The van der Waals surface area contributed by atoms with E-state index >= 15 is 0 Å². The molecule has 11 heteroatoms. The first-order valence-corrected chi connectivity index (χ1v) is 17.4. The van der Waals surface area contributed by atoms with E-state index in [2.05, 4.69) is 4.72 Å². The Bertz CT molecular complexity index is 1640. The summed E-state index contributed by atoms with van der Waals surface area (Å²) in [7, 11) is -0.529. The summed E-state index contributed by atoms with van der Waals surface area (Å²) in [6.07, 6.45) is 5.85. The normalized spacial score (nSPS) is 22.7. The highest BCUT2D eigenvalue weighted by Crippen LogP contribution is 2.39. The van der Waals surface area contributed by atoms with Gasteiger partial charge in [0.15, 0.2) is 0 Å². The molecule has 3 fully saturated rings. The van der Waals surface area contributed by atoms with Crippen LogP contribution in [0.2, 0.25) is 5.02 Å². The molecule has 1 aromatic heterocycles. The van der Waals surface area contributed by atoms with E-state index in [1.165, 1.54) is 20.0 Å². The summed E-state index contributed by atoms with van der Waals surface area (Å²) in [6, 6.07) is 12.8. The Morgan fingerprint density at radius 2 is 1.77 bits per heavy atom. The minimum Gasteiger partial charge on any atom is -0.469 e. The minimum atomic E-state index is -3.78. The van der Waals surface area contributed by atoms with Crippen molar-refractivity contribution >= 4 is 44.4 Å². The summed E-state index contributed by atoms with van der Waals surface area (Å²) in [5.74, 6) is 0.473. The zero-order valence-electron chi connectivity index (χ0n) is 25.3. The zero-order chi connectivity index (χ0) is 31.0. The molecule has 0 bridgehead atoms. The topological polar surface area (TPSA) is 107 Å². The molecule has 6 rings (SSSR count).